The summed E-state index contributed by atoms with van der Waals surface area (Å²) in [6.45, 7) is 4.12. The van der Waals surface area contributed by atoms with Gasteiger partial charge in [-0.3, -0.25) is 9.59 Å². The van der Waals surface area contributed by atoms with Crippen LogP contribution in [0.15, 0.2) is 0 Å². The van der Waals surface area contributed by atoms with Crippen LogP contribution in [0.3, 0.4) is 0 Å². The minimum absolute atomic E-state index is 0.00113. The summed E-state index contributed by atoms with van der Waals surface area (Å²) in [4.78, 5) is 22.8. The molecule has 0 aliphatic rings. The number of hydrogen-bond donors (Lipinski definition) is 0. The third kappa shape index (κ3) is 6.66. The van der Waals surface area contributed by atoms with E-state index in [1.165, 1.54) is 0 Å². The predicted octanol–water partition coefficient (Wildman–Crippen LogP) is 2.71. The molecule has 4 heteroatoms. The standard InChI is InChI=1S/C11H19BrO3/c1-3-5-9(6-7-12)10(13)8-11(14)15-4-2/h9H,3-8H2,1-2H3. The zero-order valence-electron chi connectivity index (χ0n) is 9.42. The Hall–Kier alpha value is -0.380. The first-order chi connectivity index (χ1) is 7.15. The second-order valence-corrected chi connectivity index (χ2v) is 4.20. The molecule has 0 spiro atoms. The van der Waals surface area contributed by atoms with Crippen molar-refractivity contribution in [3.8, 4) is 0 Å². The quantitative estimate of drug-likeness (QED) is 0.390. The first-order valence-electron chi connectivity index (χ1n) is 5.39. The smallest absolute Gasteiger partial charge is 0.313 e. The molecule has 0 amide bonds. The molecule has 0 bridgehead atoms. The number of halogens is 1. The second kappa shape index (κ2) is 8.89. The van der Waals surface area contributed by atoms with E-state index in [0.717, 1.165) is 24.6 Å². The van der Waals surface area contributed by atoms with Crippen molar-refractivity contribution in [1.82, 2.24) is 0 Å². The van der Waals surface area contributed by atoms with Crippen LogP contribution < -0.4 is 0 Å². The summed E-state index contributed by atoms with van der Waals surface area (Å²) in [5.41, 5.74) is 0. The van der Waals surface area contributed by atoms with Gasteiger partial charge in [-0.25, -0.2) is 0 Å². The van der Waals surface area contributed by atoms with Crippen LogP contribution in [0.1, 0.15) is 39.5 Å². The van der Waals surface area contributed by atoms with Crippen molar-refractivity contribution >= 4 is 27.7 Å². The molecule has 15 heavy (non-hydrogen) atoms. The Morgan fingerprint density at radius 2 is 1.93 bits per heavy atom. The first-order valence-corrected chi connectivity index (χ1v) is 6.52. The van der Waals surface area contributed by atoms with Gasteiger partial charge in [-0.05, 0) is 19.8 Å². The SMILES string of the molecule is CCCC(CCBr)C(=O)CC(=O)OCC. The third-order valence-corrected chi connectivity index (χ3v) is 2.63. The molecular formula is C11H19BrO3. The first kappa shape index (κ1) is 14.6. The van der Waals surface area contributed by atoms with Gasteiger partial charge in [0.25, 0.3) is 0 Å². The van der Waals surface area contributed by atoms with Crippen LogP contribution >= 0.6 is 15.9 Å². The van der Waals surface area contributed by atoms with Crippen LogP contribution in [-0.4, -0.2) is 23.7 Å². The van der Waals surface area contributed by atoms with E-state index in [1.807, 2.05) is 6.92 Å². The molecule has 0 aromatic carbocycles. The summed E-state index contributed by atoms with van der Waals surface area (Å²) in [5, 5.41) is 0.798. The van der Waals surface area contributed by atoms with E-state index >= 15 is 0 Å². The molecule has 0 aromatic rings. The molecule has 0 saturated carbocycles. The van der Waals surface area contributed by atoms with Crippen LogP contribution in [0.4, 0.5) is 0 Å². The van der Waals surface area contributed by atoms with Crippen LogP contribution in [0.5, 0.6) is 0 Å². The Bertz CT molecular complexity index is 198. The molecular weight excluding hydrogens is 260 g/mol. The Kier molecular flexibility index (Phi) is 8.67. The van der Waals surface area contributed by atoms with E-state index in [9.17, 15) is 9.59 Å². The topological polar surface area (TPSA) is 43.4 Å². The van der Waals surface area contributed by atoms with E-state index in [2.05, 4.69) is 15.9 Å². The minimum Gasteiger partial charge on any atom is -0.466 e. The summed E-state index contributed by atoms with van der Waals surface area (Å²) in [5.74, 6) is -0.397. The molecule has 0 aliphatic carbocycles. The fourth-order valence-corrected chi connectivity index (χ4v) is 2.00. The van der Waals surface area contributed by atoms with Crippen molar-refractivity contribution in [3.05, 3.63) is 0 Å². The number of Topliss-reactive ketones (excluding diaryl/α,β-unsaturated/α-hetero) is 1. The Morgan fingerprint density at radius 3 is 2.40 bits per heavy atom. The highest BCUT2D eigenvalue weighted by molar-refractivity contribution is 9.09. The fourth-order valence-electron chi connectivity index (χ4n) is 1.45. The van der Waals surface area contributed by atoms with Crippen molar-refractivity contribution in [3.63, 3.8) is 0 Å². The van der Waals surface area contributed by atoms with Gasteiger partial charge in [0.15, 0.2) is 0 Å². The molecule has 0 fully saturated rings. The molecule has 3 nitrogen and oxygen atoms in total. The van der Waals surface area contributed by atoms with E-state index in [-0.39, 0.29) is 18.1 Å². The summed E-state index contributed by atoms with van der Waals surface area (Å²) in [6.07, 6.45) is 2.54. The van der Waals surface area contributed by atoms with E-state index in [4.69, 9.17) is 4.74 Å². The summed E-state index contributed by atoms with van der Waals surface area (Å²) in [6, 6.07) is 0. The van der Waals surface area contributed by atoms with Crippen LogP contribution in [-0.2, 0) is 14.3 Å². The van der Waals surface area contributed by atoms with E-state index in [0.29, 0.717) is 6.61 Å². The maximum Gasteiger partial charge on any atom is 0.313 e. The Balaban J connectivity index is 4.06. The number of rotatable bonds is 8. The third-order valence-electron chi connectivity index (χ3n) is 2.17. The number of ether oxygens (including phenoxy) is 1. The van der Waals surface area contributed by atoms with Crippen LogP contribution in [0.25, 0.3) is 0 Å². The second-order valence-electron chi connectivity index (χ2n) is 3.41. The lowest BCUT2D eigenvalue weighted by Crippen LogP contribution is -2.20. The van der Waals surface area contributed by atoms with Crippen molar-refractivity contribution < 1.29 is 14.3 Å². The number of esters is 1. The Morgan fingerprint density at radius 1 is 1.27 bits per heavy atom. The molecule has 0 radical (unpaired) electrons. The Labute approximate surface area is 99.7 Å². The van der Waals surface area contributed by atoms with Gasteiger partial charge in [0, 0.05) is 11.2 Å². The summed E-state index contributed by atoms with van der Waals surface area (Å²) < 4.78 is 4.75. The van der Waals surface area contributed by atoms with Crippen molar-refractivity contribution in [2.24, 2.45) is 5.92 Å². The maximum atomic E-state index is 11.7. The van der Waals surface area contributed by atoms with Gasteiger partial charge in [-0.15, -0.1) is 0 Å². The lowest BCUT2D eigenvalue weighted by atomic mass is 9.94. The highest BCUT2D eigenvalue weighted by Gasteiger charge is 2.20. The minimum atomic E-state index is -0.404. The lowest BCUT2D eigenvalue weighted by Gasteiger charge is -2.12. The van der Waals surface area contributed by atoms with E-state index < -0.39 is 5.97 Å². The largest absolute Gasteiger partial charge is 0.466 e. The predicted molar refractivity (Wildman–Crippen MR) is 63.1 cm³/mol. The molecule has 0 heterocycles. The number of carbonyl (C=O) groups is 2. The average molecular weight is 279 g/mol. The molecule has 88 valence electrons. The summed E-state index contributed by atoms with van der Waals surface area (Å²) >= 11 is 3.32. The molecule has 1 atom stereocenters. The summed E-state index contributed by atoms with van der Waals surface area (Å²) in [7, 11) is 0. The van der Waals surface area contributed by atoms with Gasteiger partial charge in [0.05, 0.1) is 6.61 Å². The molecule has 0 aliphatic heterocycles. The van der Waals surface area contributed by atoms with Crippen molar-refractivity contribution in [2.75, 3.05) is 11.9 Å². The van der Waals surface area contributed by atoms with Crippen molar-refractivity contribution in [2.45, 2.75) is 39.5 Å². The molecule has 1 unspecified atom stereocenters. The molecule has 0 N–H and O–H groups in total. The fraction of sp³-hybridized carbons (Fsp3) is 0.818. The highest BCUT2D eigenvalue weighted by atomic mass is 79.9. The van der Waals surface area contributed by atoms with Gasteiger partial charge in [-0.1, -0.05) is 29.3 Å². The number of hydrogen-bond acceptors (Lipinski definition) is 3. The van der Waals surface area contributed by atoms with Crippen LogP contribution in [0.2, 0.25) is 0 Å². The highest BCUT2D eigenvalue weighted by Crippen LogP contribution is 2.16. The normalized spacial score (nSPS) is 12.2. The van der Waals surface area contributed by atoms with E-state index in [1.54, 1.807) is 6.92 Å². The number of carbonyl (C=O) groups excluding carboxylic acids is 2. The average Bonchev–Trinajstić information content (AvgIpc) is 2.17. The van der Waals surface area contributed by atoms with Crippen molar-refractivity contribution in [1.29, 1.82) is 0 Å². The monoisotopic (exact) mass is 278 g/mol. The number of ketones is 1. The number of alkyl halides is 1. The zero-order valence-corrected chi connectivity index (χ0v) is 11.0. The van der Waals surface area contributed by atoms with Gasteiger partial charge in [-0.2, -0.15) is 0 Å². The molecule has 0 saturated heterocycles. The molecule has 0 rings (SSSR count). The van der Waals surface area contributed by atoms with Gasteiger partial charge >= 0.3 is 5.97 Å². The van der Waals surface area contributed by atoms with Gasteiger partial charge < -0.3 is 4.74 Å². The van der Waals surface area contributed by atoms with Gasteiger partial charge in [0.2, 0.25) is 0 Å². The van der Waals surface area contributed by atoms with Gasteiger partial charge in [0.1, 0.15) is 12.2 Å². The molecule has 0 aromatic heterocycles. The maximum absolute atomic E-state index is 11.7. The lowest BCUT2D eigenvalue weighted by molar-refractivity contribution is -0.146. The zero-order chi connectivity index (χ0) is 11.7. The van der Waals surface area contributed by atoms with Crippen LogP contribution in [0, 0.1) is 5.92 Å².